The molecule has 1 saturated heterocycles. The van der Waals surface area contributed by atoms with Gasteiger partial charge in [0.25, 0.3) is 0 Å². The maximum atomic E-state index is 14.2. The molecule has 0 aliphatic carbocycles. The normalized spacial score (nSPS) is 20.3. The molecule has 3 rings (SSSR count). The van der Waals surface area contributed by atoms with Crippen LogP contribution >= 0.6 is 0 Å². The summed E-state index contributed by atoms with van der Waals surface area (Å²) in [5.41, 5.74) is 1.56. The number of carbonyl (C=O) groups excluding carboxylic acids is 1. The zero-order valence-electron chi connectivity index (χ0n) is 12.5. The monoisotopic (exact) mass is 315 g/mol. The standard InChI is InChI=1S/C18H18FNO3/c19-16-8-13(15-9-14(10-21)20-18(15)22)6-7-17(16)23-11-12-4-2-1-3-5-12/h1-8,14-15,21H,9-11H2,(H,20,22)/t14?,15-/m1/s1. The highest BCUT2D eigenvalue weighted by Crippen LogP contribution is 2.30. The molecule has 0 bridgehead atoms. The average Bonchev–Trinajstić information content (AvgIpc) is 2.96. The Morgan fingerprint density at radius 3 is 2.65 bits per heavy atom. The number of aliphatic hydroxyl groups is 1. The minimum absolute atomic E-state index is 0.108. The molecule has 1 heterocycles. The van der Waals surface area contributed by atoms with Gasteiger partial charge in [0.15, 0.2) is 11.6 Å². The van der Waals surface area contributed by atoms with Gasteiger partial charge in [-0.25, -0.2) is 4.39 Å². The molecule has 5 heteroatoms. The maximum Gasteiger partial charge on any atom is 0.227 e. The number of hydrogen-bond acceptors (Lipinski definition) is 3. The molecule has 2 N–H and O–H groups in total. The molecule has 2 aromatic carbocycles. The third-order valence-electron chi connectivity index (χ3n) is 4.00. The maximum absolute atomic E-state index is 14.2. The Labute approximate surface area is 133 Å². The van der Waals surface area contributed by atoms with E-state index in [2.05, 4.69) is 5.32 Å². The van der Waals surface area contributed by atoms with Crippen LogP contribution in [0.2, 0.25) is 0 Å². The van der Waals surface area contributed by atoms with E-state index >= 15 is 0 Å². The Balaban J connectivity index is 1.70. The van der Waals surface area contributed by atoms with Gasteiger partial charge in [0.05, 0.1) is 18.6 Å². The predicted octanol–water partition coefficient (Wildman–Crippen LogP) is 2.37. The van der Waals surface area contributed by atoms with Crippen molar-refractivity contribution in [2.45, 2.75) is 25.0 Å². The highest BCUT2D eigenvalue weighted by molar-refractivity contribution is 5.86. The number of rotatable bonds is 5. The quantitative estimate of drug-likeness (QED) is 0.890. The molecule has 0 saturated carbocycles. The molecule has 23 heavy (non-hydrogen) atoms. The number of carbonyl (C=O) groups is 1. The summed E-state index contributed by atoms with van der Waals surface area (Å²) in [6.45, 7) is 0.177. The molecule has 1 fully saturated rings. The Bertz CT molecular complexity index is 690. The molecule has 1 amide bonds. The predicted molar refractivity (Wildman–Crippen MR) is 83.5 cm³/mol. The number of ether oxygens (including phenoxy) is 1. The van der Waals surface area contributed by atoms with Crippen molar-refractivity contribution in [3.63, 3.8) is 0 Å². The van der Waals surface area contributed by atoms with Gasteiger partial charge in [-0.15, -0.1) is 0 Å². The van der Waals surface area contributed by atoms with Gasteiger partial charge in [-0.3, -0.25) is 4.79 Å². The third-order valence-corrected chi connectivity index (χ3v) is 4.00. The third kappa shape index (κ3) is 3.51. The fourth-order valence-corrected chi connectivity index (χ4v) is 2.75. The fraction of sp³-hybridized carbons (Fsp3) is 0.278. The van der Waals surface area contributed by atoms with Crippen molar-refractivity contribution >= 4 is 5.91 Å². The molecule has 1 unspecified atom stereocenters. The molecular formula is C18H18FNO3. The molecule has 0 aromatic heterocycles. The molecule has 0 radical (unpaired) electrons. The van der Waals surface area contributed by atoms with Crippen LogP contribution in [-0.4, -0.2) is 23.7 Å². The molecule has 1 aliphatic heterocycles. The first-order valence-electron chi connectivity index (χ1n) is 7.55. The van der Waals surface area contributed by atoms with Crippen molar-refractivity contribution in [3.05, 3.63) is 65.5 Å². The van der Waals surface area contributed by atoms with Crippen LogP contribution in [0.25, 0.3) is 0 Å². The summed E-state index contributed by atoms with van der Waals surface area (Å²) in [4.78, 5) is 11.9. The molecule has 4 nitrogen and oxygen atoms in total. The molecule has 2 aromatic rings. The molecule has 2 atom stereocenters. The van der Waals surface area contributed by atoms with Gasteiger partial charge < -0.3 is 15.2 Å². The van der Waals surface area contributed by atoms with E-state index in [9.17, 15) is 9.18 Å². The van der Waals surface area contributed by atoms with E-state index in [1.54, 1.807) is 12.1 Å². The lowest BCUT2D eigenvalue weighted by atomic mass is 9.95. The highest BCUT2D eigenvalue weighted by Gasteiger charge is 2.32. The summed E-state index contributed by atoms with van der Waals surface area (Å²) in [6.07, 6.45) is 0.471. The van der Waals surface area contributed by atoms with Gasteiger partial charge in [0.1, 0.15) is 6.61 Å². The van der Waals surface area contributed by atoms with E-state index < -0.39 is 11.7 Å². The van der Waals surface area contributed by atoms with Crippen molar-refractivity contribution < 1.29 is 19.0 Å². The van der Waals surface area contributed by atoms with E-state index in [0.717, 1.165) is 5.56 Å². The number of hydrogen-bond donors (Lipinski definition) is 2. The molecule has 0 spiro atoms. The Kier molecular flexibility index (Phi) is 4.57. The van der Waals surface area contributed by atoms with Gasteiger partial charge in [-0.2, -0.15) is 0 Å². The first kappa shape index (κ1) is 15.5. The summed E-state index contributed by atoms with van der Waals surface area (Å²) in [5.74, 6) is -0.931. The van der Waals surface area contributed by atoms with Crippen LogP contribution in [-0.2, 0) is 11.4 Å². The number of amides is 1. The number of aliphatic hydroxyl groups excluding tert-OH is 1. The summed E-state index contributed by atoms with van der Waals surface area (Å²) >= 11 is 0. The molecular weight excluding hydrogens is 297 g/mol. The van der Waals surface area contributed by atoms with Gasteiger partial charge in [0, 0.05) is 0 Å². The lowest BCUT2D eigenvalue weighted by Crippen LogP contribution is -2.28. The van der Waals surface area contributed by atoms with Gasteiger partial charge in [-0.05, 0) is 29.7 Å². The second-order valence-corrected chi connectivity index (χ2v) is 5.64. The van der Waals surface area contributed by atoms with E-state index in [-0.39, 0.29) is 30.9 Å². The van der Waals surface area contributed by atoms with Crippen LogP contribution < -0.4 is 10.1 Å². The van der Waals surface area contributed by atoms with Gasteiger partial charge >= 0.3 is 0 Å². The van der Waals surface area contributed by atoms with Crippen LogP contribution in [0.3, 0.4) is 0 Å². The zero-order valence-corrected chi connectivity index (χ0v) is 12.5. The zero-order chi connectivity index (χ0) is 16.2. The lowest BCUT2D eigenvalue weighted by molar-refractivity contribution is -0.120. The fourth-order valence-electron chi connectivity index (χ4n) is 2.75. The number of benzene rings is 2. The largest absolute Gasteiger partial charge is 0.486 e. The minimum Gasteiger partial charge on any atom is -0.486 e. The Morgan fingerprint density at radius 1 is 1.22 bits per heavy atom. The van der Waals surface area contributed by atoms with Crippen LogP contribution in [0.1, 0.15) is 23.5 Å². The smallest absolute Gasteiger partial charge is 0.227 e. The van der Waals surface area contributed by atoms with Crippen molar-refractivity contribution in [2.75, 3.05) is 6.61 Å². The highest BCUT2D eigenvalue weighted by atomic mass is 19.1. The second-order valence-electron chi connectivity index (χ2n) is 5.64. The van der Waals surface area contributed by atoms with Crippen LogP contribution in [0.5, 0.6) is 5.75 Å². The van der Waals surface area contributed by atoms with Crippen molar-refractivity contribution in [1.29, 1.82) is 0 Å². The second kappa shape index (κ2) is 6.79. The SMILES string of the molecule is O=C1NC(CO)C[C@@H]1c1ccc(OCc2ccccc2)c(F)c1. The summed E-state index contributed by atoms with van der Waals surface area (Å²) in [7, 11) is 0. The first-order chi connectivity index (χ1) is 11.2. The van der Waals surface area contributed by atoms with E-state index in [0.29, 0.717) is 12.0 Å². The van der Waals surface area contributed by atoms with Gasteiger partial charge in [-0.1, -0.05) is 36.4 Å². The lowest BCUT2D eigenvalue weighted by Gasteiger charge is -2.11. The minimum atomic E-state index is -0.487. The van der Waals surface area contributed by atoms with Gasteiger partial charge in [0.2, 0.25) is 5.91 Å². The first-order valence-corrected chi connectivity index (χ1v) is 7.55. The van der Waals surface area contributed by atoms with Crippen LogP contribution in [0.15, 0.2) is 48.5 Å². The number of halogens is 1. The van der Waals surface area contributed by atoms with E-state index in [1.807, 2.05) is 30.3 Å². The molecule has 120 valence electrons. The van der Waals surface area contributed by atoms with Crippen LogP contribution in [0.4, 0.5) is 4.39 Å². The topological polar surface area (TPSA) is 58.6 Å². The summed E-state index contributed by atoms with van der Waals surface area (Å²) < 4.78 is 19.7. The number of nitrogens with one attached hydrogen (secondary N) is 1. The van der Waals surface area contributed by atoms with Crippen LogP contribution in [0, 0.1) is 5.82 Å². The summed E-state index contributed by atoms with van der Waals surface area (Å²) in [5, 5.41) is 11.8. The van der Waals surface area contributed by atoms with E-state index in [1.165, 1.54) is 6.07 Å². The molecule has 1 aliphatic rings. The average molecular weight is 315 g/mol. The van der Waals surface area contributed by atoms with E-state index in [4.69, 9.17) is 9.84 Å². The van der Waals surface area contributed by atoms with Crippen molar-refractivity contribution in [3.8, 4) is 5.75 Å². The summed E-state index contributed by atoms with van der Waals surface area (Å²) in [6, 6.07) is 13.8. The Hall–Kier alpha value is -2.40. The van der Waals surface area contributed by atoms with Crippen molar-refractivity contribution in [1.82, 2.24) is 5.32 Å². The van der Waals surface area contributed by atoms with Crippen molar-refractivity contribution in [2.24, 2.45) is 0 Å². The Morgan fingerprint density at radius 2 is 2.00 bits per heavy atom.